The lowest BCUT2D eigenvalue weighted by Crippen LogP contribution is -2.45. The van der Waals surface area contributed by atoms with E-state index in [9.17, 15) is 4.79 Å². The average molecular weight is 264 g/mol. The van der Waals surface area contributed by atoms with Gasteiger partial charge in [-0.15, -0.1) is 0 Å². The van der Waals surface area contributed by atoms with Crippen molar-refractivity contribution in [1.82, 2.24) is 10.2 Å². The van der Waals surface area contributed by atoms with Crippen molar-refractivity contribution in [3.8, 4) is 0 Å². The highest BCUT2D eigenvalue weighted by molar-refractivity contribution is 5.91. The van der Waals surface area contributed by atoms with E-state index in [1.807, 2.05) is 0 Å². The van der Waals surface area contributed by atoms with Gasteiger partial charge in [-0.25, -0.2) is 0 Å². The first-order valence-corrected chi connectivity index (χ1v) is 7.25. The van der Waals surface area contributed by atoms with Crippen LogP contribution in [0.4, 0.5) is 0 Å². The van der Waals surface area contributed by atoms with Gasteiger partial charge in [0, 0.05) is 17.7 Å². The van der Waals surface area contributed by atoms with Gasteiger partial charge >= 0.3 is 0 Å². The van der Waals surface area contributed by atoms with Gasteiger partial charge in [0.15, 0.2) is 0 Å². The van der Waals surface area contributed by atoms with E-state index in [0.29, 0.717) is 0 Å². The third-order valence-corrected chi connectivity index (χ3v) is 4.47. The Balaban J connectivity index is 2.50. The molecule has 0 bridgehead atoms. The first-order chi connectivity index (χ1) is 8.48. The Bertz CT molecular complexity index is 431. The van der Waals surface area contributed by atoms with Crippen LogP contribution >= 0.6 is 0 Å². The second-order valence-electron chi connectivity index (χ2n) is 8.20. The summed E-state index contributed by atoms with van der Waals surface area (Å²) < 4.78 is 0. The summed E-state index contributed by atoms with van der Waals surface area (Å²) in [5.41, 5.74) is 2.30. The molecule has 1 fully saturated rings. The van der Waals surface area contributed by atoms with Crippen LogP contribution in [-0.2, 0) is 4.79 Å². The third kappa shape index (κ3) is 2.45. The minimum absolute atomic E-state index is 0.0282. The number of carbonyl (C=O) groups excluding carboxylic acids is 1. The van der Waals surface area contributed by atoms with Crippen molar-refractivity contribution in [2.75, 3.05) is 13.6 Å². The molecule has 1 spiro atoms. The van der Waals surface area contributed by atoms with E-state index >= 15 is 0 Å². The number of hydrogen-bond acceptors (Lipinski definition) is 2. The molecule has 0 unspecified atom stereocenters. The van der Waals surface area contributed by atoms with Crippen LogP contribution in [0.3, 0.4) is 0 Å². The Hall–Kier alpha value is -0.830. The van der Waals surface area contributed by atoms with Crippen molar-refractivity contribution in [2.45, 2.75) is 59.9 Å². The molecule has 0 saturated heterocycles. The molecule has 1 heterocycles. The maximum atomic E-state index is 12.6. The Morgan fingerprint density at radius 2 is 1.58 bits per heavy atom. The molecule has 0 aromatic heterocycles. The molecule has 19 heavy (non-hydrogen) atoms. The molecule has 1 aliphatic heterocycles. The highest BCUT2D eigenvalue weighted by atomic mass is 16.2. The van der Waals surface area contributed by atoms with Gasteiger partial charge in [0.2, 0.25) is 5.91 Å². The van der Waals surface area contributed by atoms with Crippen molar-refractivity contribution in [2.24, 2.45) is 10.8 Å². The number of allylic oxidation sites excluding steroid dienone is 1. The van der Waals surface area contributed by atoms with Gasteiger partial charge in [-0.2, -0.15) is 0 Å². The molecule has 108 valence electrons. The fraction of sp³-hybridized carbons (Fsp3) is 0.812. The second-order valence-corrected chi connectivity index (χ2v) is 8.20. The number of likely N-dealkylation sites (N-methyl/N-ethyl adjacent to an activating group) is 1. The van der Waals surface area contributed by atoms with Gasteiger partial charge < -0.3 is 5.32 Å². The van der Waals surface area contributed by atoms with Gasteiger partial charge in [-0.3, -0.25) is 9.69 Å². The monoisotopic (exact) mass is 264 g/mol. The summed E-state index contributed by atoms with van der Waals surface area (Å²) in [4.78, 5) is 14.8. The van der Waals surface area contributed by atoms with Crippen LogP contribution in [0.1, 0.15) is 54.4 Å². The van der Waals surface area contributed by atoms with Crippen LogP contribution in [0, 0.1) is 10.8 Å². The minimum Gasteiger partial charge on any atom is -0.328 e. The van der Waals surface area contributed by atoms with Gasteiger partial charge in [-0.05, 0) is 30.9 Å². The molecule has 0 radical (unpaired) electrons. The van der Waals surface area contributed by atoms with Crippen LogP contribution in [0.15, 0.2) is 11.3 Å². The zero-order chi connectivity index (χ0) is 14.6. The molecule has 2 aliphatic rings. The van der Waals surface area contributed by atoms with Crippen LogP contribution < -0.4 is 5.32 Å². The maximum Gasteiger partial charge on any atom is 0.244 e. The Morgan fingerprint density at radius 1 is 1.05 bits per heavy atom. The molecule has 2 rings (SSSR count). The van der Waals surface area contributed by atoms with Crippen molar-refractivity contribution < 1.29 is 4.79 Å². The molecular weight excluding hydrogens is 236 g/mol. The first kappa shape index (κ1) is 14.6. The summed E-state index contributed by atoms with van der Waals surface area (Å²) in [5, 5.41) is 3.26. The van der Waals surface area contributed by atoms with E-state index in [-0.39, 0.29) is 22.3 Å². The van der Waals surface area contributed by atoms with Crippen molar-refractivity contribution in [3.05, 3.63) is 11.3 Å². The van der Waals surface area contributed by atoms with E-state index in [1.165, 1.54) is 5.57 Å². The van der Waals surface area contributed by atoms with Crippen LogP contribution in [0.25, 0.3) is 0 Å². The van der Waals surface area contributed by atoms with E-state index in [1.54, 1.807) is 0 Å². The summed E-state index contributed by atoms with van der Waals surface area (Å²) in [6.45, 7) is 14.1. The van der Waals surface area contributed by atoms with Crippen LogP contribution in [0.5, 0.6) is 0 Å². The summed E-state index contributed by atoms with van der Waals surface area (Å²) in [5.74, 6) is 0.194. The van der Waals surface area contributed by atoms with Crippen LogP contribution in [-0.4, -0.2) is 29.9 Å². The zero-order valence-corrected chi connectivity index (χ0v) is 13.5. The van der Waals surface area contributed by atoms with E-state index < -0.39 is 0 Å². The zero-order valence-electron chi connectivity index (χ0n) is 13.5. The molecule has 1 aliphatic carbocycles. The Labute approximate surface area is 117 Å². The predicted octanol–water partition coefficient (Wildman–Crippen LogP) is 2.93. The molecule has 1 saturated carbocycles. The standard InChI is InChI=1S/C16H28N2O/c1-14(2,3)11-10-18(7)16(8-9-16)13(19)17-12(11)15(4,5)6/h8-10H2,1-7H3,(H,17,19). The lowest BCUT2D eigenvalue weighted by molar-refractivity contribution is -0.126. The topological polar surface area (TPSA) is 32.3 Å². The minimum atomic E-state index is -0.233. The van der Waals surface area contributed by atoms with Gasteiger partial charge in [0.05, 0.1) is 0 Å². The maximum absolute atomic E-state index is 12.6. The number of nitrogens with zero attached hydrogens (tertiary/aromatic N) is 1. The molecular formula is C16H28N2O. The highest BCUT2D eigenvalue weighted by Gasteiger charge is 2.55. The molecule has 1 N–H and O–H groups in total. The Morgan fingerprint density at radius 3 is 1.95 bits per heavy atom. The highest BCUT2D eigenvalue weighted by Crippen LogP contribution is 2.46. The van der Waals surface area contributed by atoms with E-state index in [4.69, 9.17) is 0 Å². The average Bonchev–Trinajstić information content (AvgIpc) is 2.99. The molecule has 0 aromatic rings. The molecule has 0 atom stereocenters. The van der Waals surface area contributed by atoms with Gasteiger partial charge in [0.25, 0.3) is 0 Å². The lowest BCUT2D eigenvalue weighted by Gasteiger charge is -2.33. The fourth-order valence-electron chi connectivity index (χ4n) is 2.93. The lowest BCUT2D eigenvalue weighted by atomic mass is 9.78. The van der Waals surface area contributed by atoms with Crippen molar-refractivity contribution >= 4 is 5.91 Å². The predicted molar refractivity (Wildman–Crippen MR) is 78.7 cm³/mol. The summed E-state index contributed by atoms with van der Waals surface area (Å²) >= 11 is 0. The van der Waals surface area contributed by atoms with Gasteiger partial charge in [0.1, 0.15) is 5.54 Å². The number of carbonyl (C=O) groups is 1. The molecule has 1 amide bonds. The largest absolute Gasteiger partial charge is 0.328 e. The van der Waals surface area contributed by atoms with Crippen molar-refractivity contribution in [1.29, 1.82) is 0 Å². The second kappa shape index (κ2) is 4.08. The number of hydrogen-bond donors (Lipinski definition) is 1. The van der Waals surface area contributed by atoms with E-state index in [2.05, 4.69) is 58.8 Å². The van der Waals surface area contributed by atoms with Gasteiger partial charge in [-0.1, -0.05) is 41.5 Å². The number of rotatable bonds is 0. The quantitative estimate of drug-likeness (QED) is 0.729. The van der Waals surface area contributed by atoms with Crippen LogP contribution in [0.2, 0.25) is 0 Å². The fourth-order valence-corrected chi connectivity index (χ4v) is 2.93. The normalized spacial score (nSPS) is 24.5. The summed E-state index contributed by atoms with van der Waals surface area (Å²) in [6.07, 6.45) is 1.98. The Kier molecular flexibility index (Phi) is 3.13. The SMILES string of the molecule is CN1CC(C(C)(C)C)=C(C(C)(C)C)NC(=O)C12CC2. The number of amides is 1. The van der Waals surface area contributed by atoms with Crippen molar-refractivity contribution in [3.63, 3.8) is 0 Å². The third-order valence-electron chi connectivity index (χ3n) is 4.47. The summed E-state index contributed by atoms with van der Waals surface area (Å²) in [7, 11) is 2.09. The van der Waals surface area contributed by atoms with E-state index in [0.717, 1.165) is 25.1 Å². The number of nitrogens with one attached hydrogen (secondary N) is 1. The smallest absolute Gasteiger partial charge is 0.244 e. The molecule has 0 aromatic carbocycles. The summed E-state index contributed by atoms with van der Waals surface area (Å²) in [6, 6.07) is 0. The molecule has 3 nitrogen and oxygen atoms in total. The molecule has 3 heteroatoms. The first-order valence-electron chi connectivity index (χ1n) is 7.25.